The van der Waals surface area contributed by atoms with Crippen molar-refractivity contribution >= 4 is 23.2 Å². The van der Waals surface area contributed by atoms with Gasteiger partial charge in [-0.25, -0.2) is 0 Å². The quantitative estimate of drug-likeness (QED) is 0.486. The van der Waals surface area contributed by atoms with Gasteiger partial charge in [-0.05, 0) is 25.3 Å². The van der Waals surface area contributed by atoms with E-state index in [1.807, 2.05) is 0 Å². The van der Waals surface area contributed by atoms with E-state index in [9.17, 15) is 14.9 Å². The van der Waals surface area contributed by atoms with Gasteiger partial charge in [-0.15, -0.1) is 11.6 Å². The highest BCUT2D eigenvalue weighted by Crippen LogP contribution is 2.25. The zero-order chi connectivity index (χ0) is 13.8. The van der Waals surface area contributed by atoms with Gasteiger partial charge in [0.05, 0.1) is 4.92 Å². The van der Waals surface area contributed by atoms with Crippen LogP contribution in [0.5, 0.6) is 0 Å². The zero-order valence-corrected chi connectivity index (χ0v) is 11.2. The van der Waals surface area contributed by atoms with Gasteiger partial charge < -0.3 is 4.90 Å². The summed E-state index contributed by atoms with van der Waals surface area (Å²) in [6.45, 7) is 0.613. The third-order valence-electron chi connectivity index (χ3n) is 3.40. The molecule has 2 rings (SSSR count). The molecule has 1 heterocycles. The molecule has 0 radical (unpaired) electrons. The number of amides is 1. The standard InChI is InChI=1S/C13H15ClN2O3/c14-9-10-5-3-4-8-15(10)13(17)11-6-1-2-7-12(11)16(18)19/h1-2,6-7,10H,3-5,8-9H2. The Hall–Kier alpha value is -1.62. The van der Waals surface area contributed by atoms with Crippen molar-refractivity contribution in [2.45, 2.75) is 25.3 Å². The number of nitro benzene ring substituents is 1. The lowest BCUT2D eigenvalue weighted by atomic mass is 10.0. The summed E-state index contributed by atoms with van der Waals surface area (Å²) in [4.78, 5) is 24.6. The van der Waals surface area contributed by atoms with Gasteiger partial charge in [-0.1, -0.05) is 12.1 Å². The number of benzene rings is 1. The average molecular weight is 283 g/mol. The van der Waals surface area contributed by atoms with Gasteiger partial charge >= 0.3 is 0 Å². The number of hydrogen-bond donors (Lipinski definition) is 0. The first kappa shape index (κ1) is 13.8. The van der Waals surface area contributed by atoms with Crippen LogP contribution in [-0.2, 0) is 0 Å². The molecule has 1 aliphatic rings. The van der Waals surface area contributed by atoms with Crippen molar-refractivity contribution < 1.29 is 9.72 Å². The summed E-state index contributed by atoms with van der Waals surface area (Å²) in [7, 11) is 0. The Morgan fingerprint density at radius 3 is 2.84 bits per heavy atom. The third-order valence-corrected chi connectivity index (χ3v) is 3.75. The van der Waals surface area contributed by atoms with Crippen LogP contribution in [0.25, 0.3) is 0 Å². The van der Waals surface area contributed by atoms with Crippen LogP contribution in [-0.4, -0.2) is 34.2 Å². The largest absolute Gasteiger partial charge is 0.334 e. The number of halogens is 1. The molecule has 0 bridgehead atoms. The van der Waals surface area contributed by atoms with Crippen LogP contribution in [0.1, 0.15) is 29.6 Å². The predicted octanol–water partition coefficient (Wildman–Crippen LogP) is 2.83. The van der Waals surface area contributed by atoms with E-state index in [1.165, 1.54) is 12.1 Å². The van der Waals surface area contributed by atoms with Crippen molar-refractivity contribution in [2.24, 2.45) is 0 Å². The van der Waals surface area contributed by atoms with Crippen molar-refractivity contribution in [3.05, 3.63) is 39.9 Å². The topological polar surface area (TPSA) is 63.4 Å². The minimum Gasteiger partial charge on any atom is -0.334 e. The van der Waals surface area contributed by atoms with Crippen LogP contribution in [0, 0.1) is 10.1 Å². The van der Waals surface area contributed by atoms with Crippen molar-refractivity contribution in [2.75, 3.05) is 12.4 Å². The molecule has 1 aromatic rings. The van der Waals surface area contributed by atoms with E-state index in [4.69, 9.17) is 11.6 Å². The average Bonchev–Trinajstić information content (AvgIpc) is 2.46. The van der Waals surface area contributed by atoms with Crippen molar-refractivity contribution in [3.8, 4) is 0 Å². The fourth-order valence-electron chi connectivity index (χ4n) is 2.40. The van der Waals surface area contributed by atoms with Gasteiger partial charge in [-0.3, -0.25) is 14.9 Å². The van der Waals surface area contributed by atoms with Crippen molar-refractivity contribution in [1.29, 1.82) is 0 Å². The summed E-state index contributed by atoms with van der Waals surface area (Å²) in [6, 6.07) is 6.03. The number of nitro groups is 1. The molecule has 19 heavy (non-hydrogen) atoms. The third kappa shape index (κ3) is 2.87. The summed E-state index contributed by atoms with van der Waals surface area (Å²) in [5.74, 6) is 0.0736. The van der Waals surface area contributed by atoms with E-state index >= 15 is 0 Å². The lowest BCUT2D eigenvalue weighted by molar-refractivity contribution is -0.385. The first-order valence-corrected chi connectivity index (χ1v) is 6.79. The second-order valence-electron chi connectivity index (χ2n) is 4.58. The number of piperidine rings is 1. The van der Waals surface area contributed by atoms with Crippen LogP contribution < -0.4 is 0 Å². The highest BCUT2D eigenvalue weighted by atomic mass is 35.5. The number of rotatable bonds is 3. The van der Waals surface area contributed by atoms with E-state index in [2.05, 4.69) is 0 Å². The van der Waals surface area contributed by atoms with Crippen LogP contribution >= 0.6 is 11.6 Å². The van der Waals surface area contributed by atoms with Gasteiger partial charge in [0.15, 0.2) is 0 Å². The van der Waals surface area contributed by atoms with E-state index in [-0.39, 0.29) is 23.2 Å². The molecule has 0 saturated carbocycles. The summed E-state index contributed by atoms with van der Waals surface area (Å²) in [5, 5.41) is 11.0. The minimum atomic E-state index is -0.521. The van der Waals surface area contributed by atoms with Gasteiger partial charge in [0.25, 0.3) is 11.6 Å². The maximum absolute atomic E-state index is 12.5. The van der Waals surface area contributed by atoms with Gasteiger partial charge in [-0.2, -0.15) is 0 Å². The van der Waals surface area contributed by atoms with Crippen LogP contribution in [0.2, 0.25) is 0 Å². The summed E-state index contributed by atoms with van der Waals surface area (Å²) < 4.78 is 0. The second kappa shape index (κ2) is 6.02. The van der Waals surface area contributed by atoms with Crippen molar-refractivity contribution in [1.82, 2.24) is 4.90 Å². The normalized spacial score (nSPS) is 19.2. The Kier molecular flexibility index (Phi) is 4.37. The fourth-order valence-corrected chi connectivity index (χ4v) is 2.72. The highest BCUT2D eigenvalue weighted by molar-refractivity contribution is 6.18. The Balaban J connectivity index is 2.30. The van der Waals surface area contributed by atoms with Gasteiger partial charge in [0, 0.05) is 24.5 Å². The maximum atomic E-state index is 12.5. The van der Waals surface area contributed by atoms with Gasteiger partial charge in [0.1, 0.15) is 5.56 Å². The summed E-state index contributed by atoms with van der Waals surface area (Å²) in [5.41, 5.74) is -0.00378. The minimum absolute atomic E-state index is 0.0253. The molecule has 0 spiro atoms. The Labute approximate surface area is 116 Å². The van der Waals surface area contributed by atoms with Crippen LogP contribution in [0.3, 0.4) is 0 Å². The van der Waals surface area contributed by atoms with Gasteiger partial charge in [0.2, 0.25) is 0 Å². The Morgan fingerprint density at radius 2 is 2.16 bits per heavy atom. The lowest BCUT2D eigenvalue weighted by Crippen LogP contribution is -2.44. The number of likely N-dealkylation sites (tertiary alicyclic amines) is 1. The smallest absolute Gasteiger partial charge is 0.282 e. The molecule has 1 aliphatic heterocycles. The van der Waals surface area contributed by atoms with E-state index < -0.39 is 4.92 Å². The zero-order valence-electron chi connectivity index (χ0n) is 10.4. The molecule has 1 amide bonds. The molecule has 5 nitrogen and oxygen atoms in total. The highest BCUT2D eigenvalue weighted by Gasteiger charge is 2.30. The van der Waals surface area contributed by atoms with Crippen LogP contribution in [0.15, 0.2) is 24.3 Å². The Morgan fingerprint density at radius 1 is 1.42 bits per heavy atom. The fraction of sp³-hybridized carbons (Fsp3) is 0.462. The molecular weight excluding hydrogens is 268 g/mol. The molecule has 0 aromatic heterocycles. The molecule has 0 aliphatic carbocycles. The predicted molar refractivity (Wildman–Crippen MR) is 72.5 cm³/mol. The van der Waals surface area contributed by atoms with E-state index in [0.29, 0.717) is 12.4 Å². The Bertz CT molecular complexity index is 493. The molecule has 1 aromatic carbocycles. The number of carbonyl (C=O) groups excluding carboxylic acids is 1. The first-order chi connectivity index (χ1) is 9.15. The molecule has 1 saturated heterocycles. The van der Waals surface area contributed by atoms with Crippen LogP contribution in [0.4, 0.5) is 5.69 Å². The SMILES string of the molecule is O=C(c1ccccc1[N+](=O)[O-])N1CCCCC1CCl. The molecule has 0 N–H and O–H groups in total. The summed E-state index contributed by atoms with van der Waals surface area (Å²) in [6.07, 6.45) is 2.81. The number of para-hydroxylation sites is 1. The lowest BCUT2D eigenvalue weighted by Gasteiger charge is -2.34. The number of nitrogens with zero attached hydrogens (tertiary/aromatic N) is 2. The molecule has 1 fully saturated rings. The maximum Gasteiger partial charge on any atom is 0.282 e. The van der Waals surface area contributed by atoms with E-state index in [1.54, 1.807) is 17.0 Å². The number of hydrogen-bond acceptors (Lipinski definition) is 3. The number of alkyl halides is 1. The first-order valence-electron chi connectivity index (χ1n) is 6.25. The van der Waals surface area contributed by atoms with E-state index in [0.717, 1.165) is 19.3 Å². The van der Waals surface area contributed by atoms with Crippen molar-refractivity contribution in [3.63, 3.8) is 0 Å². The number of carbonyl (C=O) groups is 1. The molecule has 102 valence electrons. The molecule has 1 atom stereocenters. The molecule has 6 heteroatoms. The summed E-state index contributed by atoms with van der Waals surface area (Å²) >= 11 is 5.88. The second-order valence-corrected chi connectivity index (χ2v) is 4.89. The molecular formula is C13H15ClN2O3. The molecule has 1 unspecified atom stereocenters. The monoisotopic (exact) mass is 282 g/mol.